The Morgan fingerprint density at radius 1 is 1.29 bits per heavy atom. The Morgan fingerprint density at radius 2 is 2.07 bits per heavy atom. The van der Waals surface area contributed by atoms with Gasteiger partial charge in [0.25, 0.3) is 0 Å². The molecule has 0 aliphatic rings. The molecule has 0 saturated heterocycles. The van der Waals surface area contributed by atoms with Gasteiger partial charge in [0, 0.05) is 11.3 Å². The summed E-state index contributed by atoms with van der Waals surface area (Å²) >= 11 is 0. The SMILES string of the molecule is Cc1ccc(N)c(C)c1-c1cn[nH]n1. The molecule has 0 spiro atoms. The van der Waals surface area contributed by atoms with Crippen molar-refractivity contribution in [2.45, 2.75) is 13.8 Å². The molecule has 0 bridgehead atoms. The van der Waals surface area contributed by atoms with Crippen molar-refractivity contribution in [2.24, 2.45) is 0 Å². The molecular formula is C10H12N4. The third kappa shape index (κ3) is 1.25. The van der Waals surface area contributed by atoms with Crippen LogP contribution in [0, 0.1) is 13.8 Å². The van der Waals surface area contributed by atoms with Gasteiger partial charge in [-0.3, -0.25) is 0 Å². The number of aromatic nitrogens is 3. The molecule has 0 aliphatic carbocycles. The van der Waals surface area contributed by atoms with Crippen molar-refractivity contribution in [1.29, 1.82) is 0 Å². The summed E-state index contributed by atoms with van der Waals surface area (Å²) in [7, 11) is 0. The summed E-state index contributed by atoms with van der Waals surface area (Å²) in [5.41, 5.74) is 10.7. The van der Waals surface area contributed by atoms with Crippen molar-refractivity contribution in [1.82, 2.24) is 15.4 Å². The lowest BCUT2D eigenvalue weighted by Gasteiger charge is -2.08. The third-order valence-corrected chi connectivity index (χ3v) is 2.39. The maximum Gasteiger partial charge on any atom is 0.113 e. The highest BCUT2D eigenvalue weighted by Crippen LogP contribution is 2.28. The van der Waals surface area contributed by atoms with E-state index in [9.17, 15) is 0 Å². The molecule has 0 fully saturated rings. The minimum Gasteiger partial charge on any atom is -0.398 e. The van der Waals surface area contributed by atoms with Crippen molar-refractivity contribution in [3.63, 3.8) is 0 Å². The molecule has 0 atom stereocenters. The highest BCUT2D eigenvalue weighted by Gasteiger charge is 2.09. The number of nitrogen functional groups attached to an aromatic ring is 1. The van der Waals surface area contributed by atoms with Crippen LogP contribution >= 0.6 is 0 Å². The fourth-order valence-corrected chi connectivity index (χ4v) is 1.58. The van der Waals surface area contributed by atoms with Gasteiger partial charge in [0.2, 0.25) is 0 Å². The molecule has 14 heavy (non-hydrogen) atoms. The molecule has 3 N–H and O–H groups in total. The lowest BCUT2D eigenvalue weighted by Crippen LogP contribution is -1.95. The van der Waals surface area contributed by atoms with Crippen molar-refractivity contribution in [3.8, 4) is 11.3 Å². The van der Waals surface area contributed by atoms with Crippen molar-refractivity contribution in [2.75, 3.05) is 5.73 Å². The minimum atomic E-state index is 0.786. The zero-order valence-corrected chi connectivity index (χ0v) is 8.20. The highest BCUT2D eigenvalue weighted by atomic mass is 15.3. The molecule has 2 aromatic rings. The zero-order chi connectivity index (χ0) is 10.1. The lowest BCUT2D eigenvalue weighted by molar-refractivity contribution is 0.941. The summed E-state index contributed by atoms with van der Waals surface area (Å²) in [6.07, 6.45) is 1.70. The van der Waals surface area contributed by atoms with E-state index in [-0.39, 0.29) is 0 Å². The van der Waals surface area contributed by atoms with E-state index in [1.165, 1.54) is 0 Å². The fraction of sp³-hybridized carbons (Fsp3) is 0.200. The van der Waals surface area contributed by atoms with Crippen LogP contribution in [0.4, 0.5) is 5.69 Å². The standard InChI is InChI=1S/C10H12N4/c1-6-3-4-8(11)7(2)10(6)9-5-12-14-13-9/h3-5H,11H2,1-2H3,(H,12,13,14). The number of nitrogens with two attached hydrogens (primary N) is 1. The number of rotatable bonds is 1. The normalized spacial score (nSPS) is 10.4. The van der Waals surface area contributed by atoms with Crippen LogP contribution in [-0.4, -0.2) is 15.4 Å². The van der Waals surface area contributed by atoms with Crippen molar-refractivity contribution >= 4 is 5.69 Å². The number of anilines is 1. The number of hydrogen-bond acceptors (Lipinski definition) is 3. The van der Waals surface area contributed by atoms with E-state index >= 15 is 0 Å². The van der Waals surface area contributed by atoms with Crippen LogP contribution in [-0.2, 0) is 0 Å². The summed E-state index contributed by atoms with van der Waals surface area (Å²) in [6, 6.07) is 3.90. The highest BCUT2D eigenvalue weighted by molar-refractivity contribution is 5.72. The first-order valence-electron chi connectivity index (χ1n) is 4.42. The largest absolute Gasteiger partial charge is 0.398 e. The topological polar surface area (TPSA) is 67.6 Å². The molecule has 4 heteroatoms. The molecule has 1 heterocycles. The molecule has 0 saturated carbocycles. The Morgan fingerprint density at radius 3 is 2.71 bits per heavy atom. The van der Waals surface area contributed by atoms with Crippen LogP contribution in [0.2, 0.25) is 0 Å². The molecule has 1 aromatic heterocycles. The summed E-state index contributed by atoms with van der Waals surface area (Å²) in [5.74, 6) is 0. The molecule has 0 radical (unpaired) electrons. The van der Waals surface area contributed by atoms with Gasteiger partial charge < -0.3 is 5.73 Å². The Hall–Kier alpha value is -1.84. The second-order valence-electron chi connectivity index (χ2n) is 3.33. The van der Waals surface area contributed by atoms with Gasteiger partial charge in [0.05, 0.1) is 6.20 Å². The van der Waals surface area contributed by atoms with Crippen LogP contribution in [0.25, 0.3) is 11.3 Å². The number of benzene rings is 1. The van der Waals surface area contributed by atoms with Crippen molar-refractivity contribution in [3.05, 3.63) is 29.5 Å². The molecule has 4 nitrogen and oxygen atoms in total. The van der Waals surface area contributed by atoms with Gasteiger partial charge in [-0.05, 0) is 31.0 Å². The molecule has 1 aromatic carbocycles. The quantitative estimate of drug-likeness (QED) is 0.669. The first kappa shape index (κ1) is 8.74. The molecule has 0 amide bonds. The van der Waals surface area contributed by atoms with E-state index in [0.717, 1.165) is 28.1 Å². The Balaban J connectivity index is 2.69. The number of H-pyrrole nitrogens is 1. The summed E-state index contributed by atoms with van der Waals surface area (Å²) in [4.78, 5) is 0. The van der Waals surface area contributed by atoms with Crippen LogP contribution in [0.3, 0.4) is 0 Å². The predicted octanol–water partition coefficient (Wildman–Crippen LogP) is 1.67. The maximum atomic E-state index is 5.84. The second kappa shape index (κ2) is 3.14. The summed E-state index contributed by atoms with van der Waals surface area (Å²) < 4.78 is 0. The fourth-order valence-electron chi connectivity index (χ4n) is 1.58. The molecule has 0 unspecified atom stereocenters. The van der Waals surface area contributed by atoms with Crippen LogP contribution in [0.1, 0.15) is 11.1 Å². The Labute approximate surface area is 82.1 Å². The first-order valence-corrected chi connectivity index (χ1v) is 4.42. The molecule has 2 rings (SSSR count). The second-order valence-corrected chi connectivity index (χ2v) is 3.33. The van der Waals surface area contributed by atoms with Gasteiger partial charge in [-0.25, -0.2) is 0 Å². The predicted molar refractivity (Wildman–Crippen MR) is 55.7 cm³/mol. The van der Waals surface area contributed by atoms with Gasteiger partial charge >= 0.3 is 0 Å². The first-order chi connectivity index (χ1) is 6.70. The van der Waals surface area contributed by atoms with Gasteiger partial charge in [-0.15, -0.1) is 0 Å². The van der Waals surface area contributed by atoms with Crippen molar-refractivity contribution < 1.29 is 0 Å². The van der Waals surface area contributed by atoms with Gasteiger partial charge in [0.1, 0.15) is 5.69 Å². The van der Waals surface area contributed by atoms with E-state index in [1.807, 2.05) is 26.0 Å². The summed E-state index contributed by atoms with van der Waals surface area (Å²) in [6.45, 7) is 4.03. The average molecular weight is 188 g/mol. The summed E-state index contributed by atoms with van der Waals surface area (Å²) in [5, 5.41) is 10.5. The number of aryl methyl sites for hydroxylation is 1. The van der Waals surface area contributed by atoms with Gasteiger partial charge in [-0.1, -0.05) is 6.07 Å². The van der Waals surface area contributed by atoms with Crippen LogP contribution < -0.4 is 5.73 Å². The van der Waals surface area contributed by atoms with E-state index in [0.29, 0.717) is 0 Å². The van der Waals surface area contributed by atoms with E-state index < -0.39 is 0 Å². The van der Waals surface area contributed by atoms with E-state index in [4.69, 9.17) is 5.73 Å². The smallest absolute Gasteiger partial charge is 0.113 e. The number of nitrogens with one attached hydrogen (secondary N) is 1. The van der Waals surface area contributed by atoms with E-state index in [2.05, 4.69) is 15.4 Å². The molecule has 0 aliphatic heterocycles. The Kier molecular flexibility index (Phi) is 1.96. The number of aromatic amines is 1. The molecular weight excluding hydrogens is 176 g/mol. The average Bonchev–Trinajstić information content (AvgIpc) is 2.65. The number of nitrogens with zero attached hydrogens (tertiary/aromatic N) is 2. The maximum absolute atomic E-state index is 5.84. The van der Waals surface area contributed by atoms with E-state index in [1.54, 1.807) is 6.20 Å². The number of hydrogen-bond donors (Lipinski definition) is 2. The minimum absolute atomic E-state index is 0.786. The molecule has 72 valence electrons. The van der Waals surface area contributed by atoms with Gasteiger partial charge in [0.15, 0.2) is 0 Å². The van der Waals surface area contributed by atoms with Crippen LogP contribution in [0.15, 0.2) is 18.3 Å². The third-order valence-electron chi connectivity index (χ3n) is 2.39. The lowest BCUT2D eigenvalue weighted by atomic mass is 9.99. The Bertz CT molecular complexity index is 445. The monoisotopic (exact) mass is 188 g/mol. The van der Waals surface area contributed by atoms with Crippen LogP contribution in [0.5, 0.6) is 0 Å². The van der Waals surface area contributed by atoms with Gasteiger partial charge in [-0.2, -0.15) is 15.4 Å². The zero-order valence-electron chi connectivity index (χ0n) is 8.20.